The predicted molar refractivity (Wildman–Crippen MR) is 141 cm³/mol. The molecule has 0 atom stereocenters. The van der Waals surface area contributed by atoms with Crippen molar-refractivity contribution in [2.24, 2.45) is 0 Å². The summed E-state index contributed by atoms with van der Waals surface area (Å²) in [6, 6.07) is 25.4. The first kappa shape index (κ1) is 23.7. The van der Waals surface area contributed by atoms with Crippen LogP contribution in [-0.4, -0.2) is 47.8 Å². The fraction of sp³-hybridized carbons (Fsp3) is 0.214. The zero-order valence-corrected chi connectivity index (χ0v) is 21.1. The highest BCUT2D eigenvalue weighted by Gasteiger charge is 2.43. The van der Waals surface area contributed by atoms with E-state index in [1.807, 2.05) is 37.3 Å². The van der Waals surface area contributed by atoms with Gasteiger partial charge in [0.1, 0.15) is 10.6 Å². The Balaban J connectivity index is 1.42. The summed E-state index contributed by atoms with van der Waals surface area (Å²) in [5.74, 6) is -0.635. The summed E-state index contributed by atoms with van der Waals surface area (Å²) in [5, 5.41) is 0.378. The predicted octanol–water partition coefficient (Wildman–Crippen LogP) is 5.34. The summed E-state index contributed by atoms with van der Waals surface area (Å²) >= 11 is 7.75. The van der Waals surface area contributed by atoms with Gasteiger partial charge in [0.25, 0.3) is 11.8 Å². The molecule has 0 spiro atoms. The standard InChI is InChI=1S/C28H26ClN3O2S/c1-20-11-13-22(14-12-20)35-26-25(27(33)32(28(26)34)24-10-6-5-9-23(24)29)31-17-15-30(16-18-31)19-21-7-3-2-4-8-21/h2-14H,15-19H2,1H3. The van der Waals surface area contributed by atoms with Crippen molar-refractivity contribution in [1.29, 1.82) is 0 Å². The summed E-state index contributed by atoms with van der Waals surface area (Å²) in [7, 11) is 0. The molecule has 178 valence electrons. The molecule has 2 heterocycles. The van der Waals surface area contributed by atoms with Crippen LogP contribution in [0.4, 0.5) is 5.69 Å². The molecule has 0 radical (unpaired) electrons. The van der Waals surface area contributed by atoms with E-state index in [9.17, 15) is 9.59 Å². The van der Waals surface area contributed by atoms with Gasteiger partial charge in [0.15, 0.2) is 0 Å². The van der Waals surface area contributed by atoms with Crippen LogP contribution >= 0.6 is 23.4 Å². The van der Waals surface area contributed by atoms with Crippen LogP contribution in [0.25, 0.3) is 0 Å². The maximum atomic E-state index is 13.7. The van der Waals surface area contributed by atoms with E-state index in [1.165, 1.54) is 22.2 Å². The molecule has 1 saturated heterocycles. The third-order valence-electron chi connectivity index (χ3n) is 6.29. The number of para-hydroxylation sites is 1. The number of carbonyl (C=O) groups is 2. The Morgan fingerprint density at radius 1 is 0.800 bits per heavy atom. The molecule has 0 bridgehead atoms. The van der Waals surface area contributed by atoms with Crippen LogP contribution in [0.3, 0.4) is 0 Å². The lowest BCUT2D eigenvalue weighted by atomic mass is 10.2. The van der Waals surface area contributed by atoms with Crippen molar-refractivity contribution in [2.45, 2.75) is 18.4 Å². The van der Waals surface area contributed by atoms with Gasteiger partial charge in [-0.25, -0.2) is 4.90 Å². The Morgan fingerprint density at radius 3 is 2.14 bits per heavy atom. The van der Waals surface area contributed by atoms with E-state index in [1.54, 1.807) is 24.3 Å². The molecule has 1 fully saturated rings. The van der Waals surface area contributed by atoms with Crippen molar-refractivity contribution in [3.8, 4) is 0 Å². The number of anilines is 1. The quantitative estimate of drug-likeness (QED) is 0.425. The summed E-state index contributed by atoms with van der Waals surface area (Å²) < 4.78 is 0. The highest BCUT2D eigenvalue weighted by Crippen LogP contribution is 2.40. The van der Waals surface area contributed by atoms with Gasteiger partial charge in [0, 0.05) is 37.6 Å². The zero-order chi connectivity index (χ0) is 24.4. The van der Waals surface area contributed by atoms with Crippen LogP contribution in [0.2, 0.25) is 5.02 Å². The normalized spacial score (nSPS) is 17.0. The second kappa shape index (κ2) is 10.3. The number of hydrogen-bond donors (Lipinski definition) is 0. The van der Waals surface area contributed by atoms with Gasteiger partial charge >= 0.3 is 0 Å². The van der Waals surface area contributed by atoms with Gasteiger partial charge in [-0.3, -0.25) is 14.5 Å². The Labute approximate surface area is 215 Å². The average Bonchev–Trinajstić information content (AvgIpc) is 3.11. The topological polar surface area (TPSA) is 43.9 Å². The lowest BCUT2D eigenvalue weighted by Gasteiger charge is -2.36. The fourth-order valence-corrected chi connectivity index (χ4v) is 5.64. The van der Waals surface area contributed by atoms with Crippen molar-refractivity contribution in [3.63, 3.8) is 0 Å². The second-order valence-corrected chi connectivity index (χ2v) is 10.2. The molecular weight excluding hydrogens is 478 g/mol. The highest BCUT2D eigenvalue weighted by atomic mass is 35.5. The molecule has 2 aliphatic heterocycles. The maximum absolute atomic E-state index is 13.7. The van der Waals surface area contributed by atoms with E-state index in [-0.39, 0.29) is 11.8 Å². The number of hydrogen-bond acceptors (Lipinski definition) is 5. The summed E-state index contributed by atoms with van der Waals surface area (Å²) in [5.41, 5.74) is 3.31. The van der Waals surface area contributed by atoms with Crippen LogP contribution in [0.5, 0.6) is 0 Å². The smallest absolute Gasteiger partial charge is 0.283 e. The molecule has 0 aromatic heterocycles. The first-order chi connectivity index (χ1) is 17.0. The molecular formula is C28H26ClN3O2S. The molecule has 3 aromatic carbocycles. The molecule has 35 heavy (non-hydrogen) atoms. The third-order valence-corrected chi connectivity index (χ3v) is 7.69. The minimum absolute atomic E-state index is 0.311. The van der Waals surface area contributed by atoms with Gasteiger partial charge in [0.2, 0.25) is 0 Å². The summed E-state index contributed by atoms with van der Waals surface area (Å²) in [6.45, 7) is 5.88. The number of thioether (sulfide) groups is 1. The van der Waals surface area contributed by atoms with Gasteiger partial charge < -0.3 is 4.90 Å². The number of carbonyl (C=O) groups excluding carboxylic acids is 2. The Bertz CT molecular complexity index is 1270. The Kier molecular flexibility index (Phi) is 6.95. The molecule has 0 aliphatic carbocycles. The van der Waals surface area contributed by atoms with E-state index in [0.717, 1.165) is 30.1 Å². The van der Waals surface area contributed by atoms with Crippen LogP contribution in [-0.2, 0) is 16.1 Å². The fourth-order valence-electron chi connectivity index (χ4n) is 4.42. The van der Waals surface area contributed by atoms with E-state index in [4.69, 9.17) is 11.6 Å². The number of amides is 2. The van der Waals surface area contributed by atoms with Gasteiger partial charge in [-0.2, -0.15) is 0 Å². The van der Waals surface area contributed by atoms with E-state index in [2.05, 4.69) is 34.1 Å². The molecule has 0 unspecified atom stereocenters. The molecule has 7 heteroatoms. The van der Waals surface area contributed by atoms with Crippen LogP contribution in [0, 0.1) is 6.92 Å². The van der Waals surface area contributed by atoms with E-state index >= 15 is 0 Å². The minimum atomic E-state index is -0.324. The highest BCUT2D eigenvalue weighted by molar-refractivity contribution is 8.04. The molecule has 0 N–H and O–H groups in total. The van der Waals surface area contributed by atoms with E-state index < -0.39 is 0 Å². The maximum Gasteiger partial charge on any atom is 0.283 e. The Hall–Kier alpha value is -3.06. The zero-order valence-electron chi connectivity index (χ0n) is 19.5. The van der Waals surface area contributed by atoms with Crippen molar-refractivity contribution in [1.82, 2.24) is 9.80 Å². The van der Waals surface area contributed by atoms with Gasteiger partial charge in [-0.05, 0) is 36.8 Å². The largest absolute Gasteiger partial charge is 0.363 e. The van der Waals surface area contributed by atoms with Gasteiger partial charge in [-0.15, -0.1) is 0 Å². The molecule has 5 rings (SSSR count). The number of halogens is 1. The van der Waals surface area contributed by atoms with Crippen molar-refractivity contribution in [2.75, 3.05) is 31.1 Å². The first-order valence-electron chi connectivity index (χ1n) is 11.6. The lowest BCUT2D eigenvalue weighted by molar-refractivity contribution is -0.121. The van der Waals surface area contributed by atoms with Crippen LogP contribution < -0.4 is 4.90 Å². The number of piperazine rings is 1. The monoisotopic (exact) mass is 503 g/mol. The molecule has 3 aromatic rings. The first-order valence-corrected chi connectivity index (χ1v) is 12.8. The Morgan fingerprint density at radius 2 is 1.46 bits per heavy atom. The summed E-state index contributed by atoms with van der Waals surface area (Å²) in [6.07, 6.45) is 0. The number of benzene rings is 3. The summed E-state index contributed by atoms with van der Waals surface area (Å²) in [4.78, 5) is 34.4. The number of imide groups is 1. The van der Waals surface area contributed by atoms with Crippen molar-refractivity contribution < 1.29 is 9.59 Å². The molecule has 2 aliphatic rings. The number of aryl methyl sites for hydroxylation is 1. The number of nitrogens with zero attached hydrogens (tertiary/aromatic N) is 3. The van der Waals surface area contributed by atoms with E-state index in [0.29, 0.717) is 34.4 Å². The molecule has 5 nitrogen and oxygen atoms in total. The van der Waals surface area contributed by atoms with Crippen LogP contribution in [0.1, 0.15) is 11.1 Å². The van der Waals surface area contributed by atoms with Gasteiger partial charge in [0.05, 0.1) is 10.7 Å². The van der Waals surface area contributed by atoms with Crippen molar-refractivity contribution in [3.05, 3.63) is 106 Å². The molecule has 0 saturated carbocycles. The SMILES string of the molecule is Cc1ccc(SC2=C(N3CCN(Cc4ccccc4)CC3)C(=O)N(c3ccccc3Cl)C2=O)cc1. The van der Waals surface area contributed by atoms with Gasteiger partial charge in [-0.1, -0.05) is 83.5 Å². The third kappa shape index (κ3) is 5.01. The lowest BCUT2D eigenvalue weighted by Crippen LogP contribution is -2.47. The van der Waals surface area contributed by atoms with Crippen LogP contribution in [0.15, 0.2) is 94.4 Å². The van der Waals surface area contributed by atoms with Crippen molar-refractivity contribution >= 4 is 40.9 Å². The average molecular weight is 504 g/mol. The number of rotatable bonds is 6. The minimum Gasteiger partial charge on any atom is -0.363 e. The second-order valence-electron chi connectivity index (χ2n) is 8.74. The molecule has 2 amide bonds.